The minimum atomic E-state index is -0.945. The second-order valence-electron chi connectivity index (χ2n) is 3.85. The maximum Gasteiger partial charge on any atom is 0.187 e. The number of phenolic OH excluding ortho intramolecular Hbond substituents is 1. The van der Waals surface area contributed by atoms with E-state index in [-0.39, 0.29) is 6.04 Å². The van der Waals surface area contributed by atoms with Crippen molar-refractivity contribution in [2.45, 2.75) is 26.4 Å². The second kappa shape index (κ2) is 6.51. The van der Waals surface area contributed by atoms with Gasteiger partial charge in [0.1, 0.15) is 0 Å². The average molecular weight is 245 g/mol. The Morgan fingerprint density at radius 2 is 1.94 bits per heavy atom. The SMILES string of the molecule is CCOCC(C)NCc1cc(F)c(O)c(F)c1. The summed E-state index contributed by atoms with van der Waals surface area (Å²) in [5.41, 5.74) is 0.446. The number of hydrogen-bond acceptors (Lipinski definition) is 3. The van der Waals surface area contributed by atoms with Gasteiger partial charge in [-0.3, -0.25) is 0 Å². The molecule has 1 aromatic carbocycles. The first-order valence-corrected chi connectivity index (χ1v) is 5.52. The summed E-state index contributed by atoms with van der Waals surface area (Å²) in [5, 5.41) is 12.0. The molecule has 0 amide bonds. The molecule has 0 saturated carbocycles. The van der Waals surface area contributed by atoms with E-state index >= 15 is 0 Å². The van der Waals surface area contributed by atoms with Crippen molar-refractivity contribution in [2.75, 3.05) is 13.2 Å². The van der Waals surface area contributed by atoms with Crippen LogP contribution in [0.1, 0.15) is 19.4 Å². The van der Waals surface area contributed by atoms with Crippen LogP contribution in [-0.2, 0) is 11.3 Å². The topological polar surface area (TPSA) is 41.5 Å². The molecule has 5 heteroatoms. The Morgan fingerprint density at radius 1 is 1.35 bits per heavy atom. The molecule has 0 aliphatic heterocycles. The van der Waals surface area contributed by atoms with E-state index < -0.39 is 17.4 Å². The van der Waals surface area contributed by atoms with Crippen LogP contribution in [0.2, 0.25) is 0 Å². The predicted molar refractivity (Wildman–Crippen MR) is 60.8 cm³/mol. The third kappa shape index (κ3) is 4.28. The van der Waals surface area contributed by atoms with Crippen molar-refractivity contribution < 1.29 is 18.6 Å². The molecule has 0 aliphatic carbocycles. The van der Waals surface area contributed by atoms with Gasteiger partial charge in [0.05, 0.1) is 6.61 Å². The van der Waals surface area contributed by atoms with Crippen LogP contribution in [0.25, 0.3) is 0 Å². The van der Waals surface area contributed by atoms with Crippen molar-refractivity contribution in [1.82, 2.24) is 5.32 Å². The number of rotatable bonds is 6. The fourth-order valence-corrected chi connectivity index (χ4v) is 1.37. The summed E-state index contributed by atoms with van der Waals surface area (Å²) in [7, 11) is 0. The van der Waals surface area contributed by atoms with Crippen LogP contribution in [0.15, 0.2) is 12.1 Å². The molecule has 0 spiro atoms. The zero-order valence-electron chi connectivity index (χ0n) is 9.96. The van der Waals surface area contributed by atoms with Crippen molar-refractivity contribution in [3.63, 3.8) is 0 Å². The number of halogens is 2. The molecule has 0 heterocycles. The zero-order chi connectivity index (χ0) is 12.8. The highest BCUT2D eigenvalue weighted by atomic mass is 19.1. The van der Waals surface area contributed by atoms with E-state index in [1.54, 1.807) is 0 Å². The summed E-state index contributed by atoms with van der Waals surface area (Å²) in [5.74, 6) is -2.82. The Balaban J connectivity index is 2.52. The standard InChI is InChI=1S/C12H17F2NO2/c1-3-17-7-8(2)15-6-9-4-10(13)12(16)11(14)5-9/h4-5,8,15-16H,3,6-7H2,1-2H3. The number of aromatic hydroxyl groups is 1. The molecule has 0 saturated heterocycles. The summed E-state index contributed by atoms with van der Waals surface area (Å²) < 4.78 is 31.2. The van der Waals surface area contributed by atoms with Gasteiger partial charge in [0.15, 0.2) is 17.4 Å². The molecular formula is C12H17F2NO2. The molecule has 1 unspecified atom stereocenters. The van der Waals surface area contributed by atoms with Crippen molar-refractivity contribution in [3.8, 4) is 5.75 Å². The molecule has 0 fully saturated rings. The quantitative estimate of drug-likeness (QED) is 0.807. The van der Waals surface area contributed by atoms with Crippen molar-refractivity contribution in [3.05, 3.63) is 29.3 Å². The molecular weight excluding hydrogens is 228 g/mol. The summed E-state index contributed by atoms with van der Waals surface area (Å²) >= 11 is 0. The van der Waals surface area contributed by atoms with Crippen LogP contribution in [0.3, 0.4) is 0 Å². The maximum atomic E-state index is 13.0. The minimum absolute atomic E-state index is 0.0925. The monoisotopic (exact) mass is 245 g/mol. The first kappa shape index (κ1) is 13.9. The number of hydrogen-bond donors (Lipinski definition) is 2. The molecule has 0 aliphatic rings. The van der Waals surface area contributed by atoms with Gasteiger partial charge in [-0.05, 0) is 31.5 Å². The van der Waals surface area contributed by atoms with Crippen LogP contribution in [-0.4, -0.2) is 24.4 Å². The van der Waals surface area contributed by atoms with E-state index in [0.717, 1.165) is 12.1 Å². The van der Waals surface area contributed by atoms with Gasteiger partial charge in [-0.25, -0.2) is 8.78 Å². The molecule has 17 heavy (non-hydrogen) atoms. The summed E-state index contributed by atoms with van der Waals surface area (Å²) in [4.78, 5) is 0. The lowest BCUT2D eigenvalue weighted by Crippen LogP contribution is -2.30. The third-order valence-electron chi connectivity index (χ3n) is 2.30. The van der Waals surface area contributed by atoms with Crippen molar-refractivity contribution in [2.24, 2.45) is 0 Å². The van der Waals surface area contributed by atoms with Gasteiger partial charge in [0.25, 0.3) is 0 Å². The molecule has 0 bridgehead atoms. The fraction of sp³-hybridized carbons (Fsp3) is 0.500. The Labute approximate surface area is 99.4 Å². The van der Waals surface area contributed by atoms with Crippen LogP contribution in [0, 0.1) is 11.6 Å². The highest BCUT2D eigenvalue weighted by Gasteiger charge is 2.10. The molecule has 2 N–H and O–H groups in total. The van der Waals surface area contributed by atoms with Gasteiger partial charge < -0.3 is 15.2 Å². The second-order valence-corrected chi connectivity index (χ2v) is 3.85. The van der Waals surface area contributed by atoms with Crippen LogP contribution >= 0.6 is 0 Å². The van der Waals surface area contributed by atoms with E-state index in [2.05, 4.69) is 5.32 Å². The maximum absolute atomic E-state index is 13.0. The lowest BCUT2D eigenvalue weighted by Gasteiger charge is -2.13. The van der Waals surface area contributed by atoms with Crippen molar-refractivity contribution >= 4 is 0 Å². The van der Waals surface area contributed by atoms with E-state index in [0.29, 0.717) is 25.3 Å². The molecule has 1 aromatic rings. The number of ether oxygens (including phenoxy) is 1. The Morgan fingerprint density at radius 3 is 2.47 bits per heavy atom. The lowest BCUT2D eigenvalue weighted by molar-refractivity contribution is 0.127. The van der Waals surface area contributed by atoms with Crippen molar-refractivity contribution in [1.29, 1.82) is 0 Å². The average Bonchev–Trinajstić information content (AvgIpc) is 2.30. The smallest absolute Gasteiger partial charge is 0.187 e. The highest BCUT2D eigenvalue weighted by Crippen LogP contribution is 2.21. The molecule has 96 valence electrons. The summed E-state index contributed by atoms with van der Waals surface area (Å²) in [6.45, 7) is 5.32. The fourth-order valence-electron chi connectivity index (χ4n) is 1.37. The molecule has 0 radical (unpaired) electrons. The normalized spacial score (nSPS) is 12.7. The number of phenols is 1. The zero-order valence-corrected chi connectivity index (χ0v) is 9.96. The van der Waals surface area contributed by atoms with Gasteiger partial charge >= 0.3 is 0 Å². The van der Waals surface area contributed by atoms with E-state index in [9.17, 15) is 8.78 Å². The first-order chi connectivity index (χ1) is 8.04. The predicted octanol–water partition coefficient (Wildman–Crippen LogP) is 2.18. The number of benzene rings is 1. The van der Waals surface area contributed by atoms with Gasteiger partial charge in [0, 0.05) is 19.2 Å². The third-order valence-corrected chi connectivity index (χ3v) is 2.30. The van der Waals surface area contributed by atoms with E-state index in [1.165, 1.54) is 0 Å². The molecule has 3 nitrogen and oxygen atoms in total. The van der Waals surface area contributed by atoms with Gasteiger partial charge in [0.2, 0.25) is 0 Å². The highest BCUT2D eigenvalue weighted by molar-refractivity contribution is 5.29. The summed E-state index contributed by atoms with van der Waals surface area (Å²) in [6.07, 6.45) is 0. The minimum Gasteiger partial charge on any atom is -0.503 e. The van der Waals surface area contributed by atoms with Crippen LogP contribution in [0.4, 0.5) is 8.78 Å². The largest absolute Gasteiger partial charge is 0.503 e. The molecule has 1 atom stereocenters. The summed E-state index contributed by atoms with van der Waals surface area (Å²) in [6, 6.07) is 2.31. The van der Waals surface area contributed by atoms with Gasteiger partial charge in [-0.2, -0.15) is 0 Å². The Hall–Kier alpha value is -1.20. The number of nitrogens with one attached hydrogen (secondary N) is 1. The van der Waals surface area contributed by atoms with Gasteiger partial charge in [-0.15, -0.1) is 0 Å². The van der Waals surface area contributed by atoms with Crippen LogP contribution < -0.4 is 5.32 Å². The Kier molecular flexibility index (Phi) is 5.31. The molecule has 1 rings (SSSR count). The molecule has 0 aromatic heterocycles. The van der Waals surface area contributed by atoms with E-state index in [4.69, 9.17) is 9.84 Å². The first-order valence-electron chi connectivity index (χ1n) is 5.52. The van der Waals surface area contributed by atoms with Crippen LogP contribution in [0.5, 0.6) is 5.75 Å². The van der Waals surface area contributed by atoms with Gasteiger partial charge in [-0.1, -0.05) is 0 Å². The lowest BCUT2D eigenvalue weighted by atomic mass is 10.2. The Bertz CT molecular complexity index is 349. The van der Waals surface area contributed by atoms with E-state index in [1.807, 2.05) is 13.8 Å².